The zero-order chi connectivity index (χ0) is 14.7. The Kier molecular flexibility index (Phi) is 4.49. The molecular formula is C15H15BrN2O2. The lowest BCUT2D eigenvalue weighted by molar-refractivity contribution is 0.0991. The molecule has 0 amide bonds. The van der Waals surface area contributed by atoms with Crippen molar-refractivity contribution in [3.63, 3.8) is 0 Å². The van der Waals surface area contributed by atoms with Crippen molar-refractivity contribution in [2.45, 2.75) is 20.3 Å². The fourth-order valence-corrected chi connectivity index (χ4v) is 2.52. The second-order valence-corrected chi connectivity index (χ2v) is 5.41. The van der Waals surface area contributed by atoms with Gasteiger partial charge >= 0.3 is 0 Å². The number of hydrogen-bond donors (Lipinski definition) is 0. The van der Waals surface area contributed by atoms with E-state index in [0.29, 0.717) is 17.7 Å². The second-order valence-electron chi connectivity index (χ2n) is 4.55. The van der Waals surface area contributed by atoms with Crippen molar-refractivity contribution in [3.05, 3.63) is 51.3 Å². The molecule has 0 fully saturated rings. The molecule has 0 unspecified atom stereocenters. The summed E-state index contributed by atoms with van der Waals surface area (Å²) in [6.07, 6.45) is 0.328. The third-order valence-electron chi connectivity index (χ3n) is 2.98. The molecule has 4 nitrogen and oxygen atoms in total. The molecule has 0 N–H and O–H groups in total. The van der Waals surface area contributed by atoms with Crippen molar-refractivity contribution >= 4 is 21.7 Å². The van der Waals surface area contributed by atoms with Crippen LogP contribution in [0.15, 0.2) is 28.7 Å². The van der Waals surface area contributed by atoms with E-state index < -0.39 is 0 Å². The summed E-state index contributed by atoms with van der Waals surface area (Å²) in [5, 5.41) is 7.93. The number of halogens is 1. The molecule has 0 aliphatic heterocycles. The van der Waals surface area contributed by atoms with Gasteiger partial charge in [-0.25, -0.2) is 0 Å². The van der Waals surface area contributed by atoms with Crippen molar-refractivity contribution in [1.29, 1.82) is 0 Å². The van der Waals surface area contributed by atoms with E-state index in [4.69, 9.17) is 4.74 Å². The van der Waals surface area contributed by atoms with E-state index in [-0.39, 0.29) is 5.78 Å². The van der Waals surface area contributed by atoms with Gasteiger partial charge in [-0.2, -0.15) is 10.2 Å². The molecule has 0 aliphatic rings. The standard InChI is InChI=1S/C15H15BrN2O2/c1-9-6-12(10(2)18-17-9)14(19)8-11-4-5-15(20-3)13(16)7-11/h4-7H,8H2,1-3H3. The average molecular weight is 335 g/mol. The SMILES string of the molecule is COc1ccc(CC(=O)c2cc(C)nnc2C)cc1Br. The molecule has 0 bridgehead atoms. The summed E-state index contributed by atoms with van der Waals surface area (Å²) in [5.74, 6) is 0.788. The third-order valence-corrected chi connectivity index (χ3v) is 3.60. The Bertz CT molecular complexity index is 656. The number of aromatic nitrogens is 2. The second kappa shape index (κ2) is 6.13. The first-order valence-electron chi connectivity index (χ1n) is 6.18. The van der Waals surface area contributed by atoms with E-state index in [2.05, 4.69) is 26.1 Å². The van der Waals surface area contributed by atoms with Crippen LogP contribution in [0.2, 0.25) is 0 Å². The summed E-state index contributed by atoms with van der Waals surface area (Å²) in [5.41, 5.74) is 2.96. The van der Waals surface area contributed by atoms with Crippen molar-refractivity contribution in [3.8, 4) is 5.75 Å². The highest BCUT2D eigenvalue weighted by Gasteiger charge is 2.13. The average Bonchev–Trinajstić information content (AvgIpc) is 2.41. The van der Waals surface area contributed by atoms with Gasteiger partial charge in [0.05, 0.1) is 23.0 Å². The minimum absolute atomic E-state index is 0.0394. The van der Waals surface area contributed by atoms with E-state index in [1.807, 2.05) is 25.1 Å². The van der Waals surface area contributed by atoms with Gasteiger partial charge in [-0.05, 0) is 53.5 Å². The van der Waals surface area contributed by atoms with Gasteiger partial charge in [0.15, 0.2) is 5.78 Å². The van der Waals surface area contributed by atoms with E-state index >= 15 is 0 Å². The summed E-state index contributed by atoms with van der Waals surface area (Å²) in [4.78, 5) is 12.3. The van der Waals surface area contributed by atoms with Crippen LogP contribution in [-0.2, 0) is 6.42 Å². The Morgan fingerprint density at radius 2 is 2.00 bits per heavy atom. The minimum Gasteiger partial charge on any atom is -0.496 e. The lowest BCUT2D eigenvalue weighted by atomic mass is 10.0. The monoisotopic (exact) mass is 334 g/mol. The maximum Gasteiger partial charge on any atom is 0.169 e. The molecule has 0 saturated carbocycles. The highest BCUT2D eigenvalue weighted by molar-refractivity contribution is 9.10. The van der Waals surface area contributed by atoms with E-state index in [9.17, 15) is 4.79 Å². The van der Waals surface area contributed by atoms with Crippen LogP contribution in [0.25, 0.3) is 0 Å². The molecule has 1 aromatic carbocycles. The van der Waals surface area contributed by atoms with Gasteiger partial charge in [0.2, 0.25) is 0 Å². The Morgan fingerprint density at radius 1 is 1.25 bits per heavy atom. The molecule has 0 aliphatic carbocycles. The Hall–Kier alpha value is -1.75. The maximum absolute atomic E-state index is 12.3. The quantitative estimate of drug-likeness (QED) is 0.805. The molecule has 5 heteroatoms. The Labute approximate surface area is 126 Å². The summed E-state index contributed by atoms with van der Waals surface area (Å²) in [6, 6.07) is 7.41. The van der Waals surface area contributed by atoms with Crippen molar-refractivity contribution in [2.75, 3.05) is 7.11 Å². The number of methoxy groups -OCH3 is 1. The summed E-state index contributed by atoms with van der Waals surface area (Å²) >= 11 is 3.42. The van der Waals surface area contributed by atoms with Crippen molar-refractivity contribution in [1.82, 2.24) is 10.2 Å². The van der Waals surface area contributed by atoms with Crippen LogP contribution < -0.4 is 4.74 Å². The lowest BCUT2D eigenvalue weighted by Gasteiger charge is -2.07. The molecule has 104 valence electrons. The molecule has 2 rings (SSSR count). The predicted octanol–water partition coefficient (Wildman–Crippen LogP) is 3.29. The summed E-state index contributed by atoms with van der Waals surface area (Å²) in [7, 11) is 1.61. The van der Waals surface area contributed by atoms with Crippen LogP contribution in [0.5, 0.6) is 5.75 Å². The molecule has 0 saturated heterocycles. The molecular weight excluding hydrogens is 320 g/mol. The van der Waals surface area contributed by atoms with Gasteiger partial charge in [0.25, 0.3) is 0 Å². The van der Waals surface area contributed by atoms with E-state index in [1.54, 1.807) is 20.1 Å². The van der Waals surface area contributed by atoms with Crippen LogP contribution in [0.3, 0.4) is 0 Å². The number of hydrogen-bond acceptors (Lipinski definition) is 4. The summed E-state index contributed by atoms with van der Waals surface area (Å²) in [6.45, 7) is 3.62. The number of carbonyl (C=O) groups is 1. The highest BCUT2D eigenvalue weighted by Crippen LogP contribution is 2.26. The summed E-state index contributed by atoms with van der Waals surface area (Å²) < 4.78 is 6.01. The van der Waals surface area contributed by atoms with Crippen LogP contribution >= 0.6 is 15.9 Å². The fourth-order valence-electron chi connectivity index (χ4n) is 1.93. The molecule has 1 heterocycles. The first-order valence-corrected chi connectivity index (χ1v) is 6.97. The van der Waals surface area contributed by atoms with Gasteiger partial charge < -0.3 is 4.74 Å². The number of aryl methyl sites for hydroxylation is 2. The van der Waals surface area contributed by atoms with Crippen LogP contribution in [0.4, 0.5) is 0 Å². The number of nitrogens with zero attached hydrogens (tertiary/aromatic N) is 2. The zero-order valence-electron chi connectivity index (χ0n) is 11.6. The largest absolute Gasteiger partial charge is 0.496 e. The fraction of sp³-hybridized carbons (Fsp3) is 0.267. The first kappa shape index (κ1) is 14.7. The molecule has 0 spiro atoms. The molecule has 1 aromatic heterocycles. The highest BCUT2D eigenvalue weighted by atomic mass is 79.9. The number of carbonyl (C=O) groups excluding carboxylic acids is 1. The number of ether oxygens (including phenoxy) is 1. The van der Waals surface area contributed by atoms with Crippen LogP contribution in [0.1, 0.15) is 27.3 Å². The van der Waals surface area contributed by atoms with Crippen LogP contribution in [-0.4, -0.2) is 23.1 Å². The van der Waals surface area contributed by atoms with Gasteiger partial charge in [-0.3, -0.25) is 4.79 Å². The van der Waals surface area contributed by atoms with Crippen molar-refractivity contribution < 1.29 is 9.53 Å². The predicted molar refractivity (Wildman–Crippen MR) is 80.2 cm³/mol. The third kappa shape index (κ3) is 3.22. The Balaban J connectivity index is 2.23. The number of benzene rings is 1. The minimum atomic E-state index is 0.0394. The number of ketones is 1. The molecule has 0 atom stereocenters. The molecule has 20 heavy (non-hydrogen) atoms. The smallest absolute Gasteiger partial charge is 0.169 e. The van der Waals surface area contributed by atoms with Gasteiger partial charge in [0.1, 0.15) is 5.75 Å². The Morgan fingerprint density at radius 3 is 2.65 bits per heavy atom. The number of rotatable bonds is 4. The van der Waals surface area contributed by atoms with Gasteiger partial charge in [0, 0.05) is 12.0 Å². The van der Waals surface area contributed by atoms with Gasteiger partial charge in [-0.1, -0.05) is 6.07 Å². The molecule has 2 aromatic rings. The maximum atomic E-state index is 12.3. The van der Waals surface area contributed by atoms with Crippen LogP contribution in [0, 0.1) is 13.8 Å². The number of Topliss-reactive ketones (excluding diaryl/α,β-unsaturated/α-hetero) is 1. The van der Waals surface area contributed by atoms with E-state index in [1.165, 1.54) is 0 Å². The zero-order valence-corrected chi connectivity index (χ0v) is 13.2. The molecule has 0 radical (unpaired) electrons. The van der Waals surface area contributed by atoms with E-state index in [0.717, 1.165) is 21.5 Å². The normalized spacial score (nSPS) is 10.4. The van der Waals surface area contributed by atoms with Gasteiger partial charge in [-0.15, -0.1) is 0 Å². The first-order chi connectivity index (χ1) is 9.51. The topological polar surface area (TPSA) is 52.1 Å². The van der Waals surface area contributed by atoms with Crippen molar-refractivity contribution in [2.24, 2.45) is 0 Å². The lowest BCUT2D eigenvalue weighted by Crippen LogP contribution is -2.08.